The van der Waals surface area contributed by atoms with Crippen LogP contribution in [0.15, 0.2) is 4.52 Å². The Bertz CT molecular complexity index is 303. The molecule has 0 aliphatic rings. The summed E-state index contributed by atoms with van der Waals surface area (Å²) in [6.07, 6.45) is 1.95. The molecular weight excluding hydrogens is 224 g/mol. The summed E-state index contributed by atoms with van der Waals surface area (Å²) in [5.41, 5.74) is 0. The second kappa shape index (κ2) is 5.92. The molecule has 1 aromatic rings. The van der Waals surface area contributed by atoms with Crippen LogP contribution < -0.4 is 0 Å². The Labute approximate surface area is 89.6 Å². The van der Waals surface area contributed by atoms with E-state index in [9.17, 15) is 4.79 Å². The van der Waals surface area contributed by atoms with Gasteiger partial charge in [-0.15, -0.1) is 11.8 Å². The maximum Gasteiger partial charge on any atom is 0.313 e. The highest BCUT2D eigenvalue weighted by Gasteiger charge is 2.06. The van der Waals surface area contributed by atoms with Crippen LogP contribution in [0.4, 0.5) is 0 Å². The van der Waals surface area contributed by atoms with E-state index < -0.39 is 5.97 Å². The van der Waals surface area contributed by atoms with E-state index in [1.54, 1.807) is 11.8 Å². The van der Waals surface area contributed by atoms with Crippen molar-refractivity contribution in [1.29, 1.82) is 0 Å². The number of nitrogens with zero attached hydrogens (tertiary/aromatic N) is 2. The van der Waals surface area contributed by atoms with Crippen molar-refractivity contribution in [2.45, 2.75) is 11.5 Å². The zero-order valence-corrected chi connectivity index (χ0v) is 9.23. The van der Waals surface area contributed by atoms with Gasteiger partial charge in [-0.1, -0.05) is 5.16 Å². The molecule has 0 saturated heterocycles. The number of carboxylic acids is 1. The molecule has 0 aromatic carbocycles. The Hall–Kier alpha value is -0.690. The first kappa shape index (κ1) is 11.4. The Balaban J connectivity index is 2.32. The molecule has 0 bridgehead atoms. The van der Waals surface area contributed by atoms with Crippen molar-refractivity contribution >= 4 is 29.5 Å². The molecule has 0 atom stereocenters. The molecule has 0 spiro atoms. The summed E-state index contributed by atoms with van der Waals surface area (Å²) < 4.78 is 4.91. The lowest BCUT2D eigenvalue weighted by Gasteiger charge is -1.90. The van der Waals surface area contributed by atoms with E-state index in [-0.39, 0.29) is 5.75 Å². The van der Waals surface area contributed by atoms with Gasteiger partial charge in [0.15, 0.2) is 5.82 Å². The predicted molar refractivity (Wildman–Crippen MR) is 55.3 cm³/mol. The summed E-state index contributed by atoms with van der Waals surface area (Å²) in [5, 5.41) is 12.1. The molecule has 0 radical (unpaired) electrons. The lowest BCUT2D eigenvalue weighted by Crippen LogP contribution is -1.98. The minimum absolute atomic E-state index is 0.0558. The van der Waals surface area contributed by atoms with Crippen molar-refractivity contribution < 1.29 is 14.4 Å². The van der Waals surface area contributed by atoms with Crippen LogP contribution in [0.5, 0.6) is 0 Å². The molecule has 0 amide bonds. The van der Waals surface area contributed by atoms with Gasteiger partial charge >= 0.3 is 5.97 Å². The monoisotopic (exact) mass is 234 g/mol. The summed E-state index contributed by atoms with van der Waals surface area (Å²) in [7, 11) is 0. The average molecular weight is 234 g/mol. The molecule has 14 heavy (non-hydrogen) atoms. The summed E-state index contributed by atoms with van der Waals surface area (Å²) in [6.45, 7) is 0. The Morgan fingerprint density at radius 3 is 3.00 bits per heavy atom. The van der Waals surface area contributed by atoms with Gasteiger partial charge in [-0.3, -0.25) is 4.79 Å². The molecule has 1 N–H and O–H groups in total. The number of aromatic nitrogens is 2. The van der Waals surface area contributed by atoms with Gasteiger partial charge in [0.2, 0.25) is 5.89 Å². The molecule has 1 heterocycles. The summed E-state index contributed by atoms with van der Waals surface area (Å²) in [5.74, 6) is 1.53. The largest absolute Gasteiger partial charge is 0.481 e. The number of carboxylic acid groups (broad SMARTS) is 1. The molecule has 78 valence electrons. The van der Waals surface area contributed by atoms with Gasteiger partial charge in [0.1, 0.15) is 0 Å². The highest BCUT2D eigenvalue weighted by Crippen LogP contribution is 2.11. The van der Waals surface area contributed by atoms with Gasteiger partial charge < -0.3 is 9.63 Å². The normalized spacial score (nSPS) is 10.4. The van der Waals surface area contributed by atoms with Crippen molar-refractivity contribution in [3.8, 4) is 0 Å². The molecule has 0 aliphatic heterocycles. The summed E-state index contributed by atoms with van der Waals surface area (Å²) in [6, 6.07) is 0. The molecular formula is C7H10N2O3S2. The lowest BCUT2D eigenvalue weighted by molar-refractivity contribution is -0.133. The number of hydrogen-bond donors (Lipinski definition) is 1. The van der Waals surface area contributed by atoms with Gasteiger partial charge in [-0.25, -0.2) is 0 Å². The Kier molecular flexibility index (Phi) is 4.81. The molecule has 0 saturated carbocycles. The van der Waals surface area contributed by atoms with Gasteiger partial charge in [0.05, 0.1) is 17.3 Å². The minimum atomic E-state index is -0.834. The van der Waals surface area contributed by atoms with Crippen LogP contribution in [-0.4, -0.2) is 33.2 Å². The third kappa shape index (κ3) is 4.01. The van der Waals surface area contributed by atoms with Gasteiger partial charge in [-0.2, -0.15) is 16.7 Å². The smallest absolute Gasteiger partial charge is 0.313 e. The molecule has 1 aromatic heterocycles. The van der Waals surface area contributed by atoms with Gasteiger partial charge in [0, 0.05) is 0 Å². The zero-order valence-electron chi connectivity index (χ0n) is 7.60. The highest BCUT2D eigenvalue weighted by atomic mass is 32.2. The van der Waals surface area contributed by atoms with Gasteiger partial charge in [0.25, 0.3) is 0 Å². The second-order valence-corrected chi connectivity index (χ2v) is 4.28. The second-order valence-electron chi connectivity index (χ2n) is 2.42. The lowest BCUT2D eigenvalue weighted by atomic mass is 10.7. The Morgan fingerprint density at radius 2 is 2.36 bits per heavy atom. The molecule has 0 fully saturated rings. The quantitative estimate of drug-likeness (QED) is 0.793. The number of carbonyl (C=O) groups is 1. The minimum Gasteiger partial charge on any atom is -0.481 e. The van der Waals surface area contributed by atoms with Crippen molar-refractivity contribution in [2.75, 3.05) is 12.0 Å². The van der Waals surface area contributed by atoms with Crippen LogP contribution in [-0.2, 0) is 16.3 Å². The molecule has 0 aliphatic carbocycles. The molecule has 1 rings (SSSR count). The SMILES string of the molecule is CSCc1noc(CSCC(=O)O)n1. The fourth-order valence-electron chi connectivity index (χ4n) is 0.762. The van der Waals surface area contributed by atoms with Crippen LogP contribution in [0.25, 0.3) is 0 Å². The van der Waals surface area contributed by atoms with Crippen molar-refractivity contribution in [1.82, 2.24) is 10.1 Å². The van der Waals surface area contributed by atoms with E-state index in [1.165, 1.54) is 11.8 Å². The van der Waals surface area contributed by atoms with Crippen LogP contribution in [0.2, 0.25) is 0 Å². The predicted octanol–water partition coefficient (Wildman–Crippen LogP) is 1.25. The Morgan fingerprint density at radius 1 is 1.57 bits per heavy atom. The fourth-order valence-corrected chi connectivity index (χ4v) is 1.71. The van der Waals surface area contributed by atoms with Crippen LogP contribution >= 0.6 is 23.5 Å². The molecule has 5 nitrogen and oxygen atoms in total. The topological polar surface area (TPSA) is 76.2 Å². The fraction of sp³-hybridized carbons (Fsp3) is 0.571. The summed E-state index contributed by atoms with van der Waals surface area (Å²) in [4.78, 5) is 14.3. The molecule has 7 heteroatoms. The standard InChI is InChI=1S/C7H10N2O3S2/c1-13-2-5-8-6(12-9-5)3-14-4-7(10)11/h2-4H2,1H3,(H,10,11). The number of hydrogen-bond acceptors (Lipinski definition) is 6. The van der Waals surface area contributed by atoms with Crippen molar-refractivity contribution in [3.63, 3.8) is 0 Å². The first-order valence-electron chi connectivity index (χ1n) is 3.82. The van der Waals surface area contributed by atoms with E-state index >= 15 is 0 Å². The van der Waals surface area contributed by atoms with Crippen LogP contribution in [0.3, 0.4) is 0 Å². The molecule has 0 unspecified atom stereocenters. The van der Waals surface area contributed by atoms with Crippen molar-refractivity contribution in [3.05, 3.63) is 11.7 Å². The highest BCUT2D eigenvalue weighted by molar-refractivity contribution is 7.99. The van der Waals surface area contributed by atoms with E-state index in [4.69, 9.17) is 9.63 Å². The van der Waals surface area contributed by atoms with Crippen molar-refractivity contribution in [2.24, 2.45) is 0 Å². The van der Waals surface area contributed by atoms with Crippen LogP contribution in [0, 0.1) is 0 Å². The van der Waals surface area contributed by atoms with Crippen LogP contribution in [0.1, 0.15) is 11.7 Å². The first-order chi connectivity index (χ1) is 6.72. The van der Waals surface area contributed by atoms with E-state index in [0.29, 0.717) is 23.2 Å². The third-order valence-electron chi connectivity index (χ3n) is 1.23. The van der Waals surface area contributed by atoms with E-state index in [1.807, 2.05) is 6.26 Å². The zero-order chi connectivity index (χ0) is 10.4. The number of aliphatic carboxylic acids is 1. The van der Waals surface area contributed by atoms with Gasteiger partial charge in [-0.05, 0) is 6.26 Å². The van der Waals surface area contributed by atoms with E-state index in [0.717, 1.165) is 0 Å². The average Bonchev–Trinajstić information content (AvgIpc) is 2.53. The third-order valence-corrected chi connectivity index (χ3v) is 2.68. The summed E-state index contributed by atoms with van der Waals surface area (Å²) >= 11 is 2.85. The maximum atomic E-state index is 10.2. The van der Waals surface area contributed by atoms with E-state index in [2.05, 4.69) is 10.1 Å². The first-order valence-corrected chi connectivity index (χ1v) is 6.37. The maximum absolute atomic E-state index is 10.2. The number of rotatable bonds is 6. The number of thioether (sulfide) groups is 2.